The molecule has 0 saturated carbocycles. The first-order valence-corrected chi connectivity index (χ1v) is 9.82. The molecule has 0 amide bonds. The first kappa shape index (κ1) is 19.9. The molecule has 0 aromatic carbocycles. The van der Waals surface area contributed by atoms with Crippen molar-refractivity contribution in [1.29, 1.82) is 0 Å². The molecule has 0 aromatic heterocycles. The van der Waals surface area contributed by atoms with Crippen LogP contribution in [0.3, 0.4) is 0 Å². The zero-order valence-corrected chi connectivity index (χ0v) is 16.3. The maximum atomic E-state index is 11.6. The van der Waals surface area contributed by atoms with Gasteiger partial charge in [-0.05, 0) is 57.2 Å². The number of rotatable bonds is 12. The van der Waals surface area contributed by atoms with Crippen molar-refractivity contribution in [1.82, 2.24) is 0 Å². The lowest BCUT2D eigenvalue weighted by Gasteiger charge is -2.02. The number of allylic oxidation sites excluding steroid dienone is 1. The van der Waals surface area contributed by atoms with Gasteiger partial charge in [0.25, 0.3) is 0 Å². The van der Waals surface area contributed by atoms with E-state index < -0.39 is 0 Å². The minimum absolute atomic E-state index is 0.214. The molecule has 1 heterocycles. The number of unbranched alkanes of at least 4 members (excludes halogenated alkanes) is 9. The third-order valence-electron chi connectivity index (χ3n) is 3.81. The molecule has 3 nitrogen and oxygen atoms in total. The van der Waals surface area contributed by atoms with E-state index in [-0.39, 0.29) is 5.97 Å². The van der Waals surface area contributed by atoms with Crippen LogP contribution in [-0.2, 0) is 9.53 Å². The Labute approximate surface area is 150 Å². The van der Waals surface area contributed by atoms with Gasteiger partial charge in [0.2, 0.25) is 0 Å². The summed E-state index contributed by atoms with van der Waals surface area (Å²) in [6.07, 6.45) is 14.6. The van der Waals surface area contributed by atoms with Crippen LogP contribution >= 0.6 is 31.9 Å². The van der Waals surface area contributed by atoms with Crippen LogP contribution in [0.5, 0.6) is 0 Å². The number of cyclic esters (lactones) is 1. The number of carbonyl (C=O) groups is 1. The van der Waals surface area contributed by atoms with E-state index in [4.69, 9.17) is 9.84 Å². The highest BCUT2D eigenvalue weighted by atomic mass is 79.9. The first-order chi connectivity index (χ1) is 10.6. The predicted octanol–water partition coefficient (Wildman–Crippen LogP) is 5.71. The summed E-state index contributed by atoms with van der Waals surface area (Å²) in [5.74, 6) is 0.357. The van der Waals surface area contributed by atoms with E-state index >= 15 is 0 Å². The molecule has 22 heavy (non-hydrogen) atoms. The Morgan fingerprint density at radius 2 is 1.41 bits per heavy atom. The molecule has 0 radical (unpaired) electrons. The van der Waals surface area contributed by atoms with Crippen molar-refractivity contribution in [3.8, 4) is 0 Å². The predicted molar refractivity (Wildman–Crippen MR) is 96.9 cm³/mol. The van der Waals surface area contributed by atoms with Gasteiger partial charge in [-0.25, -0.2) is 4.79 Å². The van der Waals surface area contributed by atoms with Crippen LogP contribution in [0, 0.1) is 0 Å². The van der Waals surface area contributed by atoms with E-state index in [1.54, 1.807) is 0 Å². The second-order valence-corrected chi connectivity index (χ2v) is 8.34. The summed E-state index contributed by atoms with van der Waals surface area (Å²) in [6, 6.07) is 0. The topological polar surface area (TPSA) is 46.5 Å². The molecule has 1 N–H and O–H groups in total. The fraction of sp³-hybridized carbons (Fsp3) is 0.706. The molecular formula is C17H26Br2O3. The summed E-state index contributed by atoms with van der Waals surface area (Å²) in [7, 11) is 0. The Bertz CT molecular complexity index is 399. The molecule has 0 aliphatic carbocycles. The van der Waals surface area contributed by atoms with E-state index in [2.05, 4.69) is 31.9 Å². The fourth-order valence-corrected chi connectivity index (χ4v) is 2.91. The zero-order valence-electron chi connectivity index (χ0n) is 13.1. The SMILES string of the molecule is O=C1OC(=C(Br)Br)C=C1CCCCCCCCCCCCO. The molecule has 0 spiro atoms. The number of halogens is 2. The molecule has 1 aliphatic rings. The van der Waals surface area contributed by atoms with Gasteiger partial charge < -0.3 is 9.84 Å². The van der Waals surface area contributed by atoms with Gasteiger partial charge in [0, 0.05) is 12.2 Å². The average molecular weight is 438 g/mol. The Morgan fingerprint density at radius 1 is 0.909 bits per heavy atom. The first-order valence-electron chi connectivity index (χ1n) is 8.24. The van der Waals surface area contributed by atoms with Crippen molar-refractivity contribution in [3.63, 3.8) is 0 Å². The van der Waals surface area contributed by atoms with Gasteiger partial charge in [-0.15, -0.1) is 0 Å². The molecular weight excluding hydrogens is 412 g/mol. The van der Waals surface area contributed by atoms with Gasteiger partial charge in [0.05, 0.1) is 0 Å². The highest BCUT2D eigenvalue weighted by Crippen LogP contribution is 2.29. The quantitative estimate of drug-likeness (QED) is 0.314. The van der Waals surface area contributed by atoms with Crippen LogP contribution in [0.2, 0.25) is 0 Å². The van der Waals surface area contributed by atoms with Gasteiger partial charge in [-0.2, -0.15) is 0 Å². The minimum atomic E-state index is -0.214. The third-order valence-corrected chi connectivity index (χ3v) is 4.59. The summed E-state index contributed by atoms with van der Waals surface area (Å²) >= 11 is 6.51. The fourth-order valence-electron chi connectivity index (χ4n) is 2.52. The Balaban J connectivity index is 1.97. The monoisotopic (exact) mass is 436 g/mol. The molecule has 1 aliphatic heterocycles. The molecule has 0 unspecified atom stereocenters. The van der Waals surface area contributed by atoms with E-state index in [1.807, 2.05) is 6.08 Å². The number of ether oxygens (including phenoxy) is 1. The smallest absolute Gasteiger partial charge is 0.339 e. The normalized spacial score (nSPS) is 14.2. The van der Waals surface area contributed by atoms with E-state index in [0.29, 0.717) is 15.8 Å². The van der Waals surface area contributed by atoms with Crippen molar-refractivity contribution in [2.75, 3.05) is 6.61 Å². The Morgan fingerprint density at radius 3 is 1.86 bits per heavy atom. The Hall–Kier alpha value is -0.130. The second kappa shape index (κ2) is 12.3. The van der Waals surface area contributed by atoms with Gasteiger partial charge in [0.1, 0.15) is 3.39 Å². The molecule has 0 aromatic rings. The van der Waals surface area contributed by atoms with Gasteiger partial charge in [0.15, 0.2) is 5.76 Å². The molecule has 5 heteroatoms. The third kappa shape index (κ3) is 8.49. The van der Waals surface area contributed by atoms with Gasteiger partial charge in [-0.1, -0.05) is 51.4 Å². The van der Waals surface area contributed by atoms with Crippen molar-refractivity contribution in [3.05, 3.63) is 20.8 Å². The van der Waals surface area contributed by atoms with E-state index in [0.717, 1.165) is 31.3 Å². The van der Waals surface area contributed by atoms with Crippen LogP contribution < -0.4 is 0 Å². The molecule has 0 fully saturated rings. The maximum Gasteiger partial charge on any atom is 0.339 e. The zero-order chi connectivity index (χ0) is 16.2. The largest absolute Gasteiger partial charge is 0.421 e. The summed E-state index contributed by atoms with van der Waals surface area (Å²) in [4.78, 5) is 11.6. The van der Waals surface area contributed by atoms with Crippen LogP contribution in [0.15, 0.2) is 20.8 Å². The minimum Gasteiger partial charge on any atom is -0.421 e. The van der Waals surface area contributed by atoms with Crippen LogP contribution in [-0.4, -0.2) is 17.7 Å². The van der Waals surface area contributed by atoms with Crippen molar-refractivity contribution >= 4 is 37.8 Å². The molecule has 0 saturated heterocycles. The Kier molecular flexibility index (Phi) is 11.1. The lowest BCUT2D eigenvalue weighted by molar-refractivity contribution is -0.133. The van der Waals surface area contributed by atoms with E-state index in [1.165, 1.54) is 44.9 Å². The number of hydrogen-bond acceptors (Lipinski definition) is 3. The highest BCUT2D eigenvalue weighted by molar-refractivity contribution is 9.28. The van der Waals surface area contributed by atoms with E-state index in [9.17, 15) is 4.79 Å². The molecule has 1 rings (SSSR count). The number of esters is 1. The van der Waals surface area contributed by atoms with Crippen LogP contribution in [0.4, 0.5) is 0 Å². The van der Waals surface area contributed by atoms with Crippen molar-refractivity contribution in [2.45, 2.75) is 70.6 Å². The molecule has 0 atom stereocenters. The average Bonchev–Trinajstić information content (AvgIpc) is 2.86. The number of aliphatic hydroxyl groups is 1. The van der Waals surface area contributed by atoms with Crippen LogP contribution in [0.25, 0.3) is 0 Å². The highest BCUT2D eigenvalue weighted by Gasteiger charge is 2.21. The summed E-state index contributed by atoms with van der Waals surface area (Å²) in [5, 5.41) is 8.69. The molecule has 126 valence electrons. The van der Waals surface area contributed by atoms with Gasteiger partial charge in [-0.3, -0.25) is 0 Å². The van der Waals surface area contributed by atoms with Crippen molar-refractivity contribution in [2.24, 2.45) is 0 Å². The summed E-state index contributed by atoms with van der Waals surface area (Å²) < 4.78 is 5.81. The number of hydrogen-bond donors (Lipinski definition) is 1. The lowest BCUT2D eigenvalue weighted by atomic mass is 10.0. The van der Waals surface area contributed by atoms with Crippen molar-refractivity contribution < 1.29 is 14.6 Å². The summed E-state index contributed by atoms with van der Waals surface area (Å²) in [5.41, 5.74) is 0.773. The summed E-state index contributed by atoms with van der Waals surface area (Å²) in [6.45, 7) is 0.327. The second-order valence-electron chi connectivity index (χ2n) is 5.69. The number of carbonyl (C=O) groups excluding carboxylic acids is 1. The molecule has 0 bridgehead atoms. The number of aliphatic hydroxyl groups excluding tert-OH is 1. The maximum absolute atomic E-state index is 11.6. The standard InChI is InChI=1S/C17H26Br2O3/c18-16(19)15-13-14(17(21)22-15)11-9-7-5-3-1-2-4-6-8-10-12-20/h13,20H,1-12H2. The van der Waals surface area contributed by atoms with Gasteiger partial charge >= 0.3 is 5.97 Å². The van der Waals surface area contributed by atoms with Crippen LogP contribution in [0.1, 0.15) is 70.6 Å². The lowest BCUT2D eigenvalue weighted by Crippen LogP contribution is -1.98.